The topological polar surface area (TPSA) is 87.7 Å². The maximum absolute atomic E-state index is 12.5. The standard InChI is InChI=1S/C21H23F3N2O4S/c1-13(31-19-9-5-16(6-10-19)26-14(2)27)20(29)25-11-17(28)12-30-18-7-3-15(4-8-18)21(22,23)24/h3-10,13,17,28H,11-12H2,1-2H3,(H,25,29)(H,26,27). The monoisotopic (exact) mass is 456 g/mol. The van der Waals surface area contributed by atoms with Crippen molar-refractivity contribution in [2.24, 2.45) is 0 Å². The number of aliphatic hydroxyl groups excluding tert-OH is 1. The van der Waals surface area contributed by atoms with E-state index in [2.05, 4.69) is 10.6 Å². The minimum absolute atomic E-state index is 0.0637. The van der Waals surface area contributed by atoms with Gasteiger partial charge in [0.25, 0.3) is 0 Å². The number of carbonyl (C=O) groups excluding carboxylic acids is 2. The number of halogens is 3. The largest absolute Gasteiger partial charge is 0.491 e. The number of anilines is 1. The zero-order valence-electron chi connectivity index (χ0n) is 16.9. The van der Waals surface area contributed by atoms with E-state index in [0.717, 1.165) is 17.0 Å². The zero-order valence-corrected chi connectivity index (χ0v) is 17.7. The van der Waals surface area contributed by atoms with E-state index in [4.69, 9.17) is 4.74 Å². The van der Waals surface area contributed by atoms with E-state index in [0.29, 0.717) is 5.69 Å². The molecule has 0 aliphatic carbocycles. The van der Waals surface area contributed by atoms with Crippen LogP contribution in [0.25, 0.3) is 0 Å². The van der Waals surface area contributed by atoms with Gasteiger partial charge in [-0.3, -0.25) is 9.59 Å². The third-order valence-corrected chi connectivity index (χ3v) is 5.10. The first-order chi connectivity index (χ1) is 14.5. The van der Waals surface area contributed by atoms with Gasteiger partial charge in [0.2, 0.25) is 11.8 Å². The van der Waals surface area contributed by atoms with Crippen molar-refractivity contribution in [3.63, 3.8) is 0 Å². The van der Waals surface area contributed by atoms with Crippen molar-refractivity contribution in [1.82, 2.24) is 5.32 Å². The average Bonchev–Trinajstić information content (AvgIpc) is 2.71. The third kappa shape index (κ3) is 8.50. The number of aliphatic hydroxyl groups is 1. The van der Waals surface area contributed by atoms with Gasteiger partial charge in [0.15, 0.2) is 0 Å². The highest BCUT2D eigenvalue weighted by Gasteiger charge is 2.30. The maximum atomic E-state index is 12.5. The Bertz CT molecular complexity index is 874. The van der Waals surface area contributed by atoms with Crippen LogP contribution in [0.3, 0.4) is 0 Å². The molecule has 168 valence electrons. The highest BCUT2D eigenvalue weighted by atomic mass is 32.2. The molecule has 0 heterocycles. The summed E-state index contributed by atoms with van der Waals surface area (Å²) in [7, 11) is 0. The van der Waals surface area contributed by atoms with Crippen molar-refractivity contribution in [3.8, 4) is 5.75 Å². The summed E-state index contributed by atoms with van der Waals surface area (Å²) in [5, 5.41) is 14.8. The Morgan fingerprint density at radius 1 is 1.10 bits per heavy atom. The van der Waals surface area contributed by atoms with Crippen molar-refractivity contribution in [1.29, 1.82) is 0 Å². The molecule has 0 fully saturated rings. The minimum atomic E-state index is -4.43. The van der Waals surface area contributed by atoms with E-state index in [1.165, 1.54) is 30.8 Å². The summed E-state index contributed by atoms with van der Waals surface area (Å²) in [6, 6.07) is 11.2. The molecule has 0 saturated heterocycles. The predicted molar refractivity (Wildman–Crippen MR) is 112 cm³/mol. The summed E-state index contributed by atoms with van der Waals surface area (Å²) in [5.41, 5.74) is -0.131. The van der Waals surface area contributed by atoms with Gasteiger partial charge in [-0.1, -0.05) is 0 Å². The number of amides is 2. The molecule has 3 N–H and O–H groups in total. The van der Waals surface area contributed by atoms with Crippen LogP contribution in [0.5, 0.6) is 5.75 Å². The fourth-order valence-electron chi connectivity index (χ4n) is 2.43. The van der Waals surface area contributed by atoms with Gasteiger partial charge in [-0.25, -0.2) is 0 Å². The molecule has 31 heavy (non-hydrogen) atoms. The van der Waals surface area contributed by atoms with Crippen molar-refractivity contribution < 1.29 is 32.6 Å². The van der Waals surface area contributed by atoms with Crippen LogP contribution in [0.4, 0.5) is 18.9 Å². The number of alkyl halides is 3. The van der Waals surface area contributed by atoms with Gasteiger partial charge >= 0.3 is 6.18 Å². The van der Waals surface area contributed by atoms with E-state index in [-0.39, 0.29) is 30.7 Å². The second-order valence-corrected chi connectivity index (χ2v) is 8.11. The molecule has 0 bridgehead atoms. The fraction of sp³-hybridized carbons (Fsp3) is 0.333. The quantitative estimate of drug-likeness (QED) is 0.501. The van der Waals surface area contributed by atoms with Crippen LogP contribution in [0.1, 0.15) is 19.4 Å². The molecule has 0 spiro atoms. The normalized spacial score (nSPS) is 13.2. The van der Waals surface area contributed by atoms with E-state index < -0.39 is 23.1 Å². The molecular formula is C21H23F3N2O4S. The molecule has 0 aliphatic rings. The van der Waals surface area contributed by atoms with Crippen molar-refractivity contribution >= 4 is 29.3 Å². The van der Waals surface area contributed by atoms with Crippen LogP contribution < -0.4 is 15.4 Å². The van der Waals surface area contributed by atoms with Gasteiger partial charge in [-0.2, -0.15) is 13.2 Å². The molecule has 0 aromatic heterocycles. The first-order valence-electron chi connectivity index (χ1n) is 9.34. The van der Waals surface area contributed by atoms with Gasteiger partial charge in [-0.15, -0.1) is 11.8 Å². The second-order valence-electron chi connectivity index (χ2n) is 6.70. The third-order valence-electron chi connectivity index (χ3n) is 3.99. The van der Waals surface area contributed by atoms with Crippen LogP contribution in [-0.2, 0) is 15.8 Å². The molecule has 0 radical (unpaired) electrons. The summed E-state index contributed by atoms with van der Waals surface area (Å²) in [6.07, 6.45) is -5.45. The first kappa shape index (κ1) is 24.5. The van der Waals surface area contributed by atoms with Crippen LogP contribution in [0, 0.1) is 0 Å². The number of nitrogens with one attached hydrogen (secondary N) is 2. The molecule has 10 heteroatoms. The Hall–Kier alpha value is -2.72. The number of carbonyl (C=O) groups is 2. The maximum Gasteiger partial charge on any atom is 0.416 e. The van der Waals surface area contributed by atoms with Crippen LogP contribution >= 0.6 is 11.8 Å². The van der Waals surface area contributed by atoms with Gasteiger partial charge in [0, 0.05) is 24.1 Å². The number of hydrogen-bond donors (Lipinski definition) is 3. The summed E-state index contributed by atoms with van der Waals surface area (Å²) in [4.78, 5) is 24.1. The molecule has 2 amide bonds. The van der Waals surface area contributed by atoms with Crippen LogP contribution in [0.15, 0.2) is 53.4 Å². The fourth-order valence-corrected chi connectivity index (χ4v) is 3.32. The SMILES string of the molecule is CC(=O)Nc1ccc(SC(C)C(=O)NCC(O)COc2ccc(C(F)(F)F)cc2)cc1. The molecule has 2 aromatic rings. The molecule has 2 unspecified atom stereocenters. The van der Waals surface area contributed by atoms with Crippen LogP contribution in [-0.4, -0.2) is 41.4 Å². The van der Waals surface area contributed by atoms with E-state index in [1.807, 2.05) is 0 Å². The zero-order chi connectivity index (χ0) is 23.0. The lowest BCUT2D eigenvalue weighted by Crippen LogP contribution is -2.38. The summed E-state index contributed by atoms with van der Waals surface area (Å²) < 4.78 is 42.9. The van der Waals surface area contributed by atoms with Gasteiger partial charge < -0.3 is 20.5 Å². The Morgan fingerprint density at radius 3 is 2.26 bits per heavy atom. The lowest BCUT2D eigenvalue weighted by molar-refractivity contribution is -0.137. The molecule has 2 rings (SSSR count). The highest BCUT2D eigenvalue weighted by Crippen LogP contribution is 2.30. The number of ether oxygens (including phenoxy) is 1. The smallest absolute Gasteiger partial charge is 0.416 e. The molecule has 6 nitrogen and oxygen atoms in total. The first-order valence-corrected chi connectivity index (χ1v) is 10.2. The molecule has 2 aromatic carbocycles. The summed E-state index contributed by atoms with van der Waals surface area (Å²) >= 11 is 1.31. The Labute approximate surface area is 182 Å². The second kappa shape index (κ2) is 11.1. The molecular weight excluding hydrogens is 433 g/mol. The van der Waals surface area contributed by atoms with Gasteiger partial charge in [0.05, 0.1) is 10.8 Å². The van der Waals surface area contributed by atoms with Gasteiger partial charge in [-0.05, 0) is 55.5 Å². The Kier molecular flexibility index (Phi) is 8.76. The minimum Gasteiger partial charge on any atom is -0.491 e. The van der Waals surface area contributed by atoms with E-state index in [1.54, 1.807) is 31.2 Å². The molecule has 0 aliphatic heterocycles. The number of hydrogen-bond acceptors (Lipinski definition) is 5. The van der Waals surface area contributed by atoms with Crippen molar-refractivity contribution in [2.45, 2.75) is 36.3 Å². The lowest BCUT2D eigenvalue weighted by Gasteiger charge is -2.16. The molecule has 0 saturated carbocycles. The highest BCUT2D eigenvalue weighted by molar-refractivity contribution is 8.00. The lowest BCUT2D eigenvalue weighted by atomic mass is 10.2. The number of thioether (sulfide) groups is 1. The van der Waals surface area contributed by atoms with Crippen LogP contribution in [0.2, 0.25) is 0 Å². The van der Waals surface area contributed by atoms with E-state index in [9.17, 15) is 27.9 Å². The Balaban J connectivity index is 1.73. The van der Waals surface area contributed by atoms with E-state index >= 15 is 0 Å². The van der Waals surface area contributed by atoms with Crippen molar-refractivity contribution in [3.05, 3.63) is 54.1 Å². The van der Waals surface area contributed by atoms with Crippen molar-refractivity contribution in [2.75, 3.05) is 18.5 Å². The summed E-state index contributed by atoms with van der Waals surface area (Å²) in [6.45, 7) is 2.88. The summed E-state index contributed by atoms with van der Waals surface area (Å²) in [5.74, 6) is -0.275. The number of rotatable bonds is 9. The number of benzene rings is 2. The molecule has 2 atom stereocenters. The average molecular weight is 456 g/mol. The van der Waals surface area contributed by atoms with Gasteiger partial charge in [0.1, 0.15) is 18.5 Å². The Morgan fingerprint density at radius 2 is 1.71 bits per heavy atom. The predicted octanol–water partition coefficient (Wildman–Crippen LogP) is 3.70.